The zero-order chi connectivity index (χ0) is 50.3. The van der Waals surface area contributed by atoms with Crippen molar-refractivity contribution in [3.8, 4) is 0 Å². The molecular weight excluding hydrogens is 903 g/mol. The molecule has 2 aliphatic heterocycles. The Balaban J connectivity index is 0.000000190. The quantitative estimate of drug-likeness (QED) is 0.151. The lowest BCUT2D eigenvalue weighted by atomic mass is 9.86. The fourth-order valence-electron chi connectivity index (χ4n) is 10.9. The van der Waals surface area contributed by atoms with Crippen LogP contribution in [-0.2, 0) is 33.5 Å². The Hall–Kier alpha value is -5.02. The van der Waals surface area contributed by atoms with Crippen LogP contribution in [0.25, 0.3) is 22.1 Å². The third-order valence-corrected chi connectivity index (χ3v) is 15.4. The Labute approximate surface area is 409 Å². The maximum atomic E-state index is 13.7. The van der Waals surface area contributed by atoms with Crippen molar-refractivity contribution < 1.29 is 41.8 Å². The van der Waals surface area contributed by atoms with Gasteiger partial charge in [0, 0.05) is 99.4 Å². The minimum absolute atomic E-state index is 0.0185. The van der Waals surface area contributed by atoms with E-state index in [1.54, 1.807) is 11.0 Å². The standard InChI is InChI=1S/C29H40F2N4O2.C25H33F2N3O3/c1-28(2,3)27-33-23-16-22(6-7-24(23)35(27)18-20-8-12-29(30,31)13-9-20)26(37)34-14-10-21(11-15-34)25(36)32-17-19-4-5-19;1-24(2,3)23-28-19-14-18(21(31)29-12-8-17(9-13-29)22(32)33)4-5-20(19)30(23)15-16-6-10-25(26,27)11-7-16/h6-7,16,19-21H,4-5,8-15,17-18H2,1-3H3,(H,32,36);4-5,14,16-17H,6-13,15H2,1-3H3,(H,32,33). The van der Waals surface area contributed by atoms with Crippen LogP contribution in [-0.4, -0.2) is 102 Å². The Bertz CT molecular complexity index is 2540. The van der Waals surface area contributed by atoms with E-state index in [1.807, 2.05) is 35.2 Å². The molecule has 0 bridgehead atoms. The first-order chi connectivity index (χ1) is 32.9. The summed E-state index contributed by atoms with van der Waals surface area (Å²) in [6, 6.07) is 11.2. The van der Waals surface area contributed by atoms with Gasteiger partial charge in [0.25, 0.3) is 11.8 Å². The number of carboxylic acid groups (broad SMARTS) is 1. The first kappa shape index (κ1) is 51.3. The van der Waals surface area contributed by atoms with Gasteiger partial charge in [0.2, 0.25) is 17.8 Å². The van der Waals surface area contributed by atoms with Crippen LogP contribution in [0.2, 0.25) is 0 Å². The molecule has 70 heavy (non-hydrogen) atoms. The molecule has 3 aliphatic carbocycles. The summed E-state index contributed by atoms with van der Waals surface area (Å²) >= 11 is 0. The van der Waals surface area contributed by atoms with Crippen LogP contribution in [0.1, 0.15) is 164 Å². The summed E-state index contributed by atoms with van der Waals surface area (Å²) in [5.41, 5.74) is 4.05. The Morgan fingerprint density at radius 3 is 1.33 bits per heavy atom. The van der Waals surface area contributed by atoms with Crippen LogP contribution in [0.3, 0.4) is 0 Å². The molecule has 9 rings (SSSR count). The van der Waals surface area contributed by atoms with E-state index in [0.717, 1.165) is 40.3 Å². The Morgan fingerprint density at radius 1 is 0.586 bits per heavy atom. The van der Waals surface area contributed by atoms with Crippen LogP contribution in [0.4, 0.5) is 17.6 Å². The summed E-state index contributed by atoms with van der Waals surface area (Å²) in [5, 5.41) is 12.3. The minimum Gasteiger partial charge on any atom is -0.481 e. The molecule has 5 fully saturated rings. The number of aliphatic carboxylic acids is 1. The molecule has 2 saturated heterocycles. The largest absolute Gasteiger partial charge is 0.481 e. The predicted octanol–water partition coefficient (Wildman–Crippen LogP) is 10.6. The second-order valence-corrected chi connectivity index (χ2v) is 23.3. The number of likely N-dealkylation sites (tertiary alicyclic amines) is 2. The molecule has 4 heterocycles. The number of carboxylic acids is 1. The zero-order valence-corrected chi connectivity index (χ0v) is 42.0. The van der Waals surface area contributed by atoms with E-state index >= 15 is 0 Å². The summed E-state index contributed by atoms with van der Waals surface area (Å²) in [4.78, 5) is 63.4. The van der Waals surface area contributed by atoms with E-state index in [-0.39, 0.29) is 77.9 Å². The molecule has 4 aromatic rings. The second-order valence-electron chi connectivity index (χ2n) is 23.3. The number of benzene rings is 2. The summed E-state index contributed by atoms with van der Waals surface area (Å²) < 4.78 is 59.0. The van der Waals surface area contributed by atoms with Crippen molar-refractivity contribution >= 4 is 45.8 Å². The van der Waals surface area contributed by atoms with Crippen molar-refractivity contribution in [1.29, 1.82) is 0 Å². The zero-order valence-electron chi connectivity index (χ0n) is 42.0. The molecule has 0 radical (unpaired) electrons. The van der Waals surface area contributed by atoms with E-state index in [4.69, 9.17) is 9.97 Å². The molecule has 0 spiro atoms. The number of hydrogen-bond acceptors (Lipinski definition) is 6. The highest BCUT2D eigenvalue weighted by Crippen LogP contribution is 2.40. The number of piperidine rings is 2. The van der Waals surface area contributed by atoms with Crippen molar-refractivity contribution in [1.82, 2.24) is 34.2 Å². The van der Waals surface area contributed by atoms with Gasteiger partial charge in [0.05, 0.1) is 28.0 Å². The van der Waals surface area contributed by atoms with Gasteiger partial charge in [0.15, 0.2) is 0 Å². The maximum Gasteiger partial charge on any atom is 0.306 e. The van der Waals surface area contributed by atoms with Crippen LogP contribution >= 0.6 is 0 Å². The molecule has 382 valence electrons. The molecule has 0 unspecified atom stereocenters. The highest BCUT2D eigenvalue weighted by Gasteiger charge is 2.38. The van der Waals surface area contributed by atoms with Gasteiger partial charge in [-0.2, -0.15) is 0 Å². The summed E-state index contributed by atoms with van der Waals surface area (Å²) in [7, 11) is 0. The SMILES string of the molecule is CC(C)(C)c1nc2cc(C(=O)N3CCC(C(=O)NCC4CC4)CC3)ccc2n1CC1CCC(F)(F)CC1.CC(C)(C)c1nc2cc(C(=O)N3CCC(C(=O)O)CC3)ccc2n1CC1CCC(F)(F)CC1. The van der Waals surface area contributed by atoms with E-state index in [2.05, 4.69) is 56.0 Å². The van der Waals surface area contributed by atoms with Crippen molar-refractivity contribution in [2.75, 3.05) is 32.7 Å². The molecule has 5 aliphatic rings. The van der Waals surface area contributed by atoms with E-state index in [1.165, 1.54) is 12.8 Å². The molecule has 2 aromatic heterocycles. The van der Waals surface area contributed by atoms with Crippen molar-refractivity contribution in [3.63, 3.8) is 0 Å². The van der Waals surface area contributed by atoms with Gasteiger partial charge in [-0.15, -0.1) is 0 Å². The van der Waals surface area contributed by atoms with Crippen molar-refractivity contribution in [2.24, 2.45) is 29.6 Å². The van der Waals surface area contributed by atoms with Gasteiger partial charge in [-0.1, -0.05) is 41.5 Å². The lowest BCUT2D eigenvalue weighted by Crippen LogP contribution is -2.43. The van der Waals surface area contributed by atoms with E-state index < -0.39 is 17.8 Å². The topological polar surface area (TPSA) is 143 Å². The van der Waals surface area contributed by atoms with Crippen LogP contribution < -0.4 is 5.32 Å². The summed E-state index contributed by atoms with van der Waals surface area (Å²) in [6.07, 6.45) is 6.54. The minimum atomic E-state index is -2.55. The number of carbonyl (C=O) groups excluding carboxylic acids is 3. The average molecular weight is 976 g/mol. The number of imidazole rings is 2. The van der Waals surface area contributed by atoms with Gasteiger partial charge >= 0.3 is 5.97 Å². The number of hydrogen-bond donors (Lipinski definition) is 2. The number of nitrogens with one attached hydrogen (secondary N) is 1. The molecule has 3 saturated carbocycles. The third kappa shape index (κ3) is 12.2. The summed E-state index contributed by atoms with van der Waals surface area (Å²) in [6.45, 7) is 16.7. The molecule has 2 aromatic carbocycles. The molecule has 3 amide bonds. The smallest absolute Gasteiger partial charge is 0.306 e. The number of halogens is 4. The number of nitrogens with zero attached hydrogens (tertiary/aromatic N) is 6. The lowest BCUT2D eigenvalue weighted by Gasteiger charge is -2.31. The maximum absolute atomic E-state index is 13.7. The number of fused-ring (bicyclic) bond motifs is 2. The fraction of sp³-hybridized carbons (Fsp3) is 0.667. The monoisotopic (exact) mass is 976 g/mol. The third-order valence-electron chi connectivity index (χ3n) is 15.4. The number of amides is 3. The first-order valence-corrected chi connectivity index (χ1v) is 25.8. The number of alkyl halides is 4. The molecule has 0 atom stereocenters. The summed E-state index contributed by atoms with van der Waals surface area (Å²) in [5.74, 6) is -3.45. The number of rotatable bonds is 10. The van der Waals surface area contributed by atoms with Crippen LogP contribution in [0.15, 0.2) is 36.4 Å². The first-order valence-electron chi connectivity index (χ1n) is 25.8. The van der Waals surface area contributed by atoms with Gasteiger partial charge < -0.3 is 29.4 Å². The Morgan fingerprint density at radius 2 is 0.971 bits per heavy atom. The van der Waals surface area contributed by atoms with Gasteiger partial charge in [-0.25, -0.2) is 27.5 Å². The lowest BCUT2D eigenvalue weighted by molar-refractivity contribution is -0.143. The van der Waals surface area contributed by atoms with Crippen LogP contribution in [0.5, 0.6) is 0 Å². The average Bonchev–Trinajstić information content (AvgIpc) is 3.97. The molecule has 2 N–H and O–H groups in total. The highest BCUT2D eigenvalue weighted by atomic mass is 19.3. The van der Waals surface area contributed by atoms with Gasteiger partial charge in [-0.05, 0) is 118 Å². The van der Waals surface area contributed by atoms with E-state index in [9.17, 15) is 41.8 Å². The van der Waals surface area contributed by atoms with Crippen molar-refractivity contribution in [3.05, 3.63) is 59.2 Å². The van der Waals surface area contributed by atoms with Gasteiger partial charge in [0.1, 0.15) is 11.6 Å². The second kappa shape index (κ2) is 20.2. The van der Waals surface area contributed by atoms with Crippen LogP contribution in [0, 0.1) is 29.6 Å². The van der Waals surface area contributed by atoms with Crippen molar-refractivity contribution in [2.45, 2.75) is 167 Å². The molecular formula is C54H73F4N7O5. The predicted molar refractivity (Wildman–Crippen MR) is 261 cm³/mol. The van der Waals surface area contributed by atoms with E-state index in [0.29, 0.717) is 108 Å². The number of carbonyl (C=O) groups is 4. The number of aromatic nitrogens is 4. The fourth-order valence-corrected chi connectivity index (χ4v) is 10.9. The Kier molecular flexibility index (Phi) is 14.8. The molecule has 12 nitrogen and oxygen atoms in total. The van der Waals surface area contributed by atoms with Gasteiger partial charge in [-0.3, -0.25) is 19.2 Å². The highest BCUT2D eigenvalue weighted by molar-refractivity contribution is 5.98. The molecule has 16 heteroatoms. The normalized spacial score (nSPS) is 20.9.